The highest BCUT2D eigenvalue weighted by Crippen LogP contribution is 2.33. The molecule has 0 radical (unpaired) electrons. The maximum Gasteiger partial charge on any atom is 0.317 e. The molecule has 1 aromatic heterocycles. The summed E-state index contributed by atoms with van der Waals surface area (Å²) in [4.78, 5) is 18.5. The van der Waals surface area contributed by atoms with Gasteiger partial charge in [0.15, 0.2) is 0 Å². The molecule has 2 aromatic rings. The largest absolute Gasteiger partial charge is 0.334 e. The summed E-state index contributed by atoms with van der Waals surface area (Å²) in [5, 5.41) is 3.00. The molecule has 23 heavy (non-hydrogen) atoms. The van der Waals surface area contributed by atoms with E-state index in [1.165, 1.54) is 5.56 Å². The van der Waals surface area contributed by atoms with Crippen LogP contribution in [0.5, 0.6) is 0 Å². The molecule has 0 bridgehead atoms. The predicted octanol–water partition coefficient (Wildman–Crippen LogP) is 3.34. The second kappa shape index (κ2) is 6.82. The van der Waals surface area contributed by atoms with E-state index in [-0.39, 0.29) is 11.4 Å². The fourth-order valence-corrected chi connectivity index (χ4v) is 3.28. The summed E-state index contributed by atoms with van der Waals surface area (Å²) in [5.74, 6) is 0. The molecule has 120 valence electrons. The van der Waals surface area contributed by atoms with Crippen molar-refractivity contribution < 1.29 is 4.79 Å². The maximum absolute atomic E-state index is 12.5. The van der Waals surface area contributed by atoms with E-state index in [0.717, 1.165) is 31.5 Å². The van der Waals surface area contributed by atoms with Crippen molar-refractivity contribution >= 4 is 6.03 Å². The lowest BCUT2D eigenvalue weighted by atomic mass is 9.76. The zero-order chi connectivity index (χ0) is 16.1. The summed E-state index contributed by atoms with van der Waals surface area (Å²) in [6.45, 7) is 4.35. The molecule has 1 aliphatic heterocycles. The van der Waals surface area contributed by atoms with Crippen LogP contribution in [0.2, 0.25) is 0 Å². The van der Waals surface area contributed by atoms with Crippen molar-refractivity contribution in [2.45, 2.75) is 31.7 Å². The fraction of sp³-hybridized carbons (Fsp3) is 0.368. The van der Waals surface area contributed by atoms with E-state index in [1.807, 2.05) is 23.1 Å². The van der Waals surface area contributed by atoms with E-state index in [2.05, 4.69) is 41.5 Å². The highest BCUT2D eigenvalue weighted by Gasteiger charge is 2.34. The zero-order valence-corrected chi connectivity index (χ0v) is 13.5. The third-order valence-corrected chi connectivity index (χ3v) is 4.62. The highest BCUT2D eigenvalue weighted by atomic mass is 16.2. The van der Waals surface area contributed by atoms with Crippen molar-refractivity contribution in [3.05, 3.63) is 66.0 Å². The molecule has 1 aromatic carbocycles. The zero-order valence-electron chi connectivity index (χ0n) is 13.5. The molecule has 1 atom stereocenters. The number of carbonyl (C=O) groups excluding carboxylic acids is 1. The molecule has 4 nitrogen and oxygen atoms in total. The number of carbonyl (C=O) groups is 1. The minimum Gasteiger partial charge on any atom is -0.334 e. The van der Waals surface area contributed by atoms with Crippen molar-refractivity contribution in [3.8, 4) is 0 Å². The molecule has 1 fully saturated rings. The Hall–Kier alpha value is -2.36. The normalized spacial score (nSPS) is 21.0. The van der Waals surface area contributed by atoms with E-state index >= 15 is 0 Å². The monoisotopic (exact) mass is 309 g/mol. The van der Waals surface area contributed by atoms with Crippen LogP contribution in [0.25, 0.3) is 0 Å². The number of piperidine rings is 1. The summed E-state index contributed by atoms with van der Waals surface area (Å²) < 4.78 is 0. The second-order valence-corrected chi connectivity index (χ2v) is 6.47. The Labute approximate surface area is 137 Å². The first kappa shape index (κ1) is 15.5. The second-order valence-electron chi connectivity index (χ2n) is 6.47. The molecule has 2 heterocycles. The minimum absolute atomic E-state index is 0.00992. The van der Waals surface area contributed by atoms with Gasteiger partial charge in [-0.1, -0.05) is 43.3 Å². The Bertz CT molecular complexity index is 644. The van der Waals surface area contributed by atoms with Crippen molar-refractivity contribution in [3.63, 3.8) is 0 Å². The van der Waals surface area contributed by atoms with Gasteiger partial charge in [-0.15, -0.1) is 0 Å². The van der Waals surface area contributed by atoms with Gasteiger partial charge < -0.3 is 10.2 Å². The van der Waals surface area contributed by atoms with Crippen LogP contribution in [-0.2, 0) is 12.0 Å². The van der Waals surface area contributed by atoms with Crippen molar-refractivity contribution in [2.24, 2.45) is 0 Å². The summed E-state index contributed by atoms with van der Waals surface area (Å²) >= 11 is 0. The van der Waals surface area contributed by atoms with Gasteiger partial charge in [-0.05, 0) is 30.0 Å². The average molecular weight is 309 g/mol. The first-order valence-corrected chi connectivity index (χ1v) is 8.15. The van der Waals surface area contributed by atoms with Crippen LogP contribution in [-0.4, -0.2) is 29.0 Å². The number of amides is 2. The smallest absolute Gasteiger partial charge is 0.317 e. The van der Waals surface area contributed by atoms with Crippen LogP contribution in [0.15, 0.2) is 54.9 Å². The number of urea groups is 1. The predicted molar refractivity (Wildman–Crippen MR) is 91.1 cm³/mol. The molecule has 4 heteroatoms. The van der Waals surface area contributed by atoms with Gasteiger partial charge in [-0.2, -0.15) is 0 Å². The Morgan fingerprint density at radius 1 is 1.26 bits per heavy atom. The third kappa shape index (κ3) is 3.70. The van der Waals surface area contributed by atoms with E-state index in [4.69, 9.17) is 0 Å². The molecule has 1 N–H and O–H groups in total. The van der Waals surface area contributed by atoms with Gasteiger partial charge in [0.2, 0.25) is 0 Å². The molecule has 2 amide bonds. The number of hydrogen-bond donors (Lipinski definition) is 1. The first-order chi connectivity index (χ1) is 11.2. The van der Waals surface area contributed by atoms with Gasteiger partial charge in [-0.3, -0.25) is 4.98 Å². The van der Waals surface area contributed by atoms with Crippen molar-refractivity contribution in [1.29, 1.82) is 0 Å². The Kier molecular flexibility index (Phi) is 4.60. The topological polar surface area (TPSA) is 45.2 Å². The molecular weight excluding hydrogens is 286 g/mol. The van der Waals surface area contributed by atoms with Crippen LogP contribution in [0.3, 0.4) is 0 Å². The van der Waals surface area contributed by atoms with Crippen LogP contribution in [0.1, 0.15) is 30.9 Å². The lowest BCUT2D eigenvalue weighted by molar-refractivity contribution is 0.155. The van der Waals surface area contributed by atoms with Gasteiger partial charge in [0, 0.05) is 37.4 Å². The summed E-state index contributed by atoms with van der Waals surface area (Å²) in [6, 6.07) is 14.4. The number of hydrogen-bond acceptors (Lipinski definition) is 2. The van der Waals surface area contributed by atoms with E-state index < -0.39 is 0 Å². The fourth-order valence-electron chi connectivity index (χ4n) is 3.28. The average Bonchev–Trinajstić information content (AvgIpc) is 2.61. The van der Waals surface area contributed by atoms with Gasteiger partial charge in [0.05, 0.1) is 0 Å². The van der Waals surface area contributed by atoms with Crippen LogP contribution in [0.4, 0.5) is 4.79 Å². The van der Waals surface area contributed by atoms with Crippen LogP contribution in [0, 0.1) is 0 Å². The number of nitrogens with zero attached hydrogens (tertiary/aromatic N) is 2. The van der Waals surface area contributed by atoms with E-state index in [1.54, 1.807) is 12.4 Å². The van der Waals surface area contributed by atoms with Crippen LogP contribution >= 0.6 is 0 Å². The molecule has 0 spiro atoms. The molecule has 3 rings (SSSR count). The van der Waals surface area contributed by atoms with Crippen molar-refractivity contribution in [1.82, 2.24) is 15.2 Å². The quantitative estimate of drug-likeness (QED) is 0.945. The van der Waals surface area contributed by atoms with Crippen molar-refractivity contribution in [2.75, 3.05) is 13.1 Å². The van der Waals surface area contributed by atoms with Gasteiger partial charge in [0.25, 0.3) is 0 Å². The molecule has 1 aliphatic rings. The number of benzene rings is 1. The minimum atomic E-state index is 0.00992. The lowest BCUT2D eigenvalue weighted by Crippen LogP contribution is -2.50. The Morgan fingerprint density at radius 3 is 2.83 bits per heavy atom. The van der Waals surface area contributed by atoms with E-state index in [0.29, 0.717) is 6.54 Å². The van der Waals surface area contributed by atoms with Gasteiger partial charge >= 0.3 is 6.03 Å². The number of likely N-dealkylation sites (tertiary alicyclic amines) is 1. The summed E-state index contributed by atoms with van der Waals surface area (Å²) in [6.07, 6.45) is 5.67. The standard InChI is InChI=1S/C19H23N3O/c1-19(17-8-3-2-4-9-17)10-6-12-22(15-19)18(23)21-14-16-7-5-11-20-13-16/h2-5,7-9,11,13H,6,10,12,14-15H2,1H3,(H,21,23). The number of aromatic nitrogens is 1. The molecule has 0 saturated carbocycles. The van der Waals surface area contributed by atoms with Gasteiger partial charge in [-0.25, -0.2) is 4.79 Å². The third-order valence-electron chi connectivity index (χ3n) is 4.62. The number of nitrogens with one attached hydrogen (secondary N) is 1. The molecule has 1 unspecified atom stereocenters. The number of rotatable bonds is 3. The Balaban J connectivity index is 1.63. The summed E-state index contributed by atoms with van der Waals surface area (Å²) in [7, 11) is 0. The molecular formula is C19H23N3O. The first-order valence-electron chi connectivity index (χ1n) is 8.15. The maximum atomic E-state index is 12.5. The summed E-state index contributed by atoms with van der Waals surface area (Å²) in [5.41, 5.74) is 2.36. The molecule has 1 saturated heterocycles. The Morgan fingerprint density at radius 2 is 2.09 bits per heavy atom. The lowest BCUT2D eigenvalue weighted by Gasteiger charge is -2.40. The highest BCUT2D eigenvalue weighted by molar-refractivity contribution is 5.74. The molecule has 0 aliphatic carbocycles. The van der Waals surface area contributed by atoms with Crippen LogP contribution < -0.4 is 5.32 Å². The number of pyridine rings is 1. The SMILES string of the molecule is CC1(c2ccccc2)CCCN(C(=O)NCc2cccnc2)C1. The van der Waals surface area contributed by atoms with E-state index in [9.17, 15) is 4.79 Å². The van der Waals surface area contributed by atoms with Gasteiger partial charge in [0.1, 0.15) is 0 Å².